The Bertz CT molecular complexity index is 1010. The first-order valence-corrected chi connectivity index (χ1v) is 10.8. The third-order valence-electron chi connectivity index (χ3n) is 4.01. The van der Waals surface area contributed by atoms with Crippen LogP contribution in [0.15, 0.2) is 51.8 Å². The first-order valence-electron chi connectivity index (χ1n) is 8.62. The van der Waals surface area contributed by atoms with E-state index in [1.807, 2.05) is 0 Å². The highest BCUT2D eigenvalue weighted by atomic mass is 79.9. The third-order valence-corrected chi connectivity index (χ3v) is 6.82. The minimum absolute atomic E-state index is 0.00144. The Morgan fingerprint density at radius 2 is 1.69 bits per heavy atom. The van der Waals surface area contributed by atoms with Gasteiger partial charge in [0.05, 0.1) is 11.5 Å². The Morgan fingerprint density at radius 1 is 1.07 bits per heavy atom. The van der Waals surface area contributed by atoms with E-state index in [9.17, 15) is 18.0 Å². The predicted molar refractivity (Wildman–Crippen MR) is 115 cm³/mol. The van der Waals surface area contributed by atoms with Crippen LogP contribution < -0.4 is 10.2 Å². The highest BCUT2D eigenvalue weighted by molar-refractivity contribution is 9.10. The fourth-order valence-electron chi connectivity index (χ4n) is 2.34. The zero-order chi connectivity index (χ0) is 21.8. The summed E-state index contributed by atoms with van der Waals surface area (Å²) in [6.45, 7) is 2.00. The van der Waals surface area contributed by atoms with Crippen molar-refractivity contribution < 1.29 is 22.7 Å². The Morgan fingerprint density at radius 3 is 2.24 bits per heavy atom. The van der Waals surface area contributed by atoms with Gasteiger partial charge in [0.25, 0.3) is 5.91 Å². The molecule has 0 saturated heterocycles. The number of amides is 2. The molecule has 2 rings (SSSR count). The Balaban J connectivity index is 2.20. The number of rotatable bonds is 6. The molecule has 0 aliphatic heterocycles. The number of hydrogen-bond acceptors (Lipinski definition) is 5. The van der Waals surface area contributed by atoms with E-state index in [1.54, 1.807) is 38.2 Å². The largest absolute Gasteiger partial charge is 0.449 e. The molecule has 156 valence electrons. The Kier molecular flexibility index (Phi) is 7.39. The number of nitrogens with one attached hydrogen (secondary N) is 1. The minimum atomic E-state index is -3.71. The highest BCUT2D eigenvalue weighted by Gasteiger charge is 2.22. The van der Waals surface area contributed by atoms with Crippen molar-refractivity contribution in [2.45, 2.75) is 11.8 Å². The third kappa shape index (κ3) is 5.34. The average molecular weight is 484 g/mol. The Labute approximate surface area is 178 Å². The van der Waals surface area contributed by atoms with Gasteiger partial charge in [-0.3, -0.25) is 9.69 Å². The van der Waals surface area contributed by atoms with E-state index in [1.165, 1.54) is 37.2 Å². The SMILES string of the molecule is CCOC(=O)N(C)c1ccc(NC(=O)c2ccc(Br)c(S(=O)(=O)N(C)C)c2)cc1. The van der Waals surface area contributed by atoms with Gasteiger partial charge in [0.2, 0.25) is 10.0 Å². The molecule has 2 aromatic carbocycles. The van der Waals surface area contributed by atoms with Crippen molar-refractivity contribution in [2.75, 3.05) is 38.0 Å². The topological polar surface area (TPSA) is 96.0 Å². The van der Waals surface area contributed by atoms with Crippen molar-refractivity contribution >= 4 is 49.3 Å². The summed E-state index contributed by atoms with van der Waals surface area (Å²) in [5.74, 6) is -0.459. The molecule has 0 saturated carbocycles. The van der Waals surface area contributed by atoms with E-state index in [2.05, 4.69) is 21.2 Å². The van der Waals surface area contributed by atoms with Gasteiger partial charge in [-0.25, -0.2) is 17.5 Å². The quantitative estimate of drug-likeness (QED) is 0.677. The lowest BCUT2D eigenvalue weighted by Gasteiger charge is -2.17. The number of ether oxygens (including phenoxy) is 1. The number of halogens is 1. The van der Waals surface area contributed by atoms with Gasteiger partial charge >= 0.3 is 6.09 Å². The highest BCUT2D eigenvalue weighted by Crippen LogP contribution is 2.26. The summed E-state index contributed by atoms with van der Waals surface area (Å²) in [7, 11) is 0.716. The maximum Gasteiger partial charge on any atom is 0.413 e. The molecule has 2 aromatic rings. The second kappa shape index (κ2) is 9.38. The smallest absolute Gasteiger partial charge is 0.413 e. The molecule has 0 aromatic heterocycles. The molecule has 29 heavy (non-hydrogen) atoms. The van der Waals surface area contributed by atoms with Crippen molar-refractivity contribution in [2.24, 2.45) is 0 Å². The summed E-state index contributed by atoms with van der Waals surface area (Å²) in [5, 5.41) is 2.71. The lowest BCUT2D eigenvalue weighted by molar-refractivity contribution is 0.102. The van der Waals surface area contributed by atoms with E-state index in [0.29, 0.717) is 15.8 Å². The van der Waals surface area contributed by atoms with Crippen molar-refractivity contribution in [3.8, 4) is 0 Å². The van der Waals surface area contributed by atoms with Crippen LogP contribution in [-0.2, 0) is 14.8 Å². The summed E-state index contributed by atoms with van der Waals surface area (Å²) in [4.78, 5) is 25.7. The number of nitrogens with zero attached hydrogens (tertiary/aromatic N) is 2. The van der Waals surface area contributed by atoms with E-state index in [4.69, 9.17) is 4.74 Å². The molecular formula is C19H22BrN3O5S. The van der Waals surface area contributed by atoms with Gasteiger partial charge in [0.15, 0.2) is 0 Å². The molecule has 0 radical (unpaired) electrons. The lowest BCUT2D eigenvalue weighted by Crippen LogP contribution is -2.26. The van der Waals surface area contributed by atoms with Crippen LogP contribution in [0, 0.1) is 0 Å². The molecule has 0 aliphatic rings. The van der Waals surface area contributed by atoms with Crippen LogP contribution in [0.3, 0.4) is 0 Å². The molecule has 10 heteroatoms. The van der Waals surface area contributed by atoms with Crippen molar-refractivity contribution in [3.63, 3.8) is 0 Å². The molecular weight excluding hydrogens is 462 g/mol. The van der Waals surface area contributed by atoms with Crippen LogP contribution in [0.2, 0.25) is 0 Å². The molecule has 0 unspecified atom stereocenters. The number of anilines is 2. The second-order valence-electron chi connectivity index (χ2n) is 6.19. The molecule has 0 heterocycles. The van der Waals surface area contributed by atoms with Gasteiger partial charge < -0.3 is 10.1 Å². The number of carbonyl (C=O) groups is 2. The molecule has 8 nitrogen and oxygen atoms in total. The lowest BCUT2D eigenvalue weighted by atomic mass is 10.2. The van der Waals surface area contributed by atoms with Crippen LogP contribution in [0.4, 0.5) is 16.2 Å². The maximum atomic E-state index is 12.6. The van der Waals surface area contributed by atoms with Gasteiger partial charge in [0.1, 0.15) is 0 Å². The number of benzene rings is 2. The number of hydrogen-bond donors (Lipinski definition) is 1. The summed E-state index contributed by atoms with van der Waals surface area (Å²) in [5.41, 5.74) is 1.29. The molecule has 1 N–H and O–H groups in total. The van der Waals surface area contributed by atoms with Crippen LogP contribution in [0.1, 0.15) is 17.3 Å². The van der Waals surface area contributed by atoms with Crippen LogP contribution in [-0.4, -0.2) is 52.5 Å². The Hall–Kier alpha value is -2.43. The predicted octanol–water partition coefficient (Wildman–Crippen LogP) is 3.54. The van der Waals surface area contributed by atoms with Crippen LogP contribution >= 0.6 is 15.9 Å². The van der Waals surface area contributed by atoms with Crippen LogP contribution in [0.5, 0.6) is 0 Å². The van der Waals surface area contributed by atoms with Gasteiger partial charge in [-0.05, 0) is 65.3 Å². The minimum Gasteiger partial charge on any atom is -0.449 e. The van der Waals surface area contributed by atoms with E-state index >= 15 is 0 Å². The zero-order valence-corrected chi connectivity index (χ0v) is 18.9. The van der Waals surface area contributed by atoms with E-state index in [0.717, 1.165) is 4.31 Å². The molecule has 0 fully saturated rings. The fourth-order valence-corrected chi connectivity index (χ4v) is 4.18. The standard InChI is InChI=1S/C19H22BrN3O5S/c1-5-28-19(25)23(4)15-9-7-14(8-10-15)21-18(24)13-6-11-16(20)17(12-13)29(26,27)22(2)3/h6-12H,5H2,1-4H3,(H,21,24). The monoisotopic (exact) mass is 483 g/mol. The molecule has 0 atom stereocenters. The normalized spacial score (nSPS) is 11.2. The van der Waals surface area contributed by atoms with Crippen molar-refractivity contribution in [1.29, 1.82) is 0 Å². The molecule has 0 bridgehead atoms. The van der Waals surface area contributed by atoms with Crippen molar-refractivity contribution in [1.82, 2.24) is 4.31 Å². The summed E-state index contributed by atoms with van der Waals surface area (Å²) < 4.78 is 31.2. The molecule has 0 spiro atoms. The molecule has 0 aliphatic carbocycles. The zero-order valence-electron chi connectivity index (χ0n) is 16.5. The first-order chi connectivity index (χ1) is 13.6. The maximum absolute atomic E-state index is 12.6. The summed E-state index contributed by atoms with van der Waals surface area (Å²) in [6, 6.07) is 11.0. The van der Waals surface area contributed by atoms with Gasteiger partial charge in [-0.2, -0.15) is 0 Å². The van der Waals surface area contributed by atoms with Gasteiger partial charge in [0, 0.05) is 42.6 Å². The second-order valence-corrected chi connectivity index (χ2v) is 9.17. The van der Waals surface area contributed by atoms with E-state index < -0.39 is 22.0 Å². The van der Waals surface area contributed by atoms with Crippen LogP contribution in [0.25, 0.3) is 0 Å². The van der Waals surface area contributed by atoms with Gasteiger partial charge in [-0.15, -0.1) is 0 Å². The molecule has 2 amide bonds. The first kappa shape index (κ1) is 22.9. The average Bonchev–Trinajstić information content (AvgIpc) is 2.68. The summed E-state index contributed by atoms with van der Waals surface area (Å²) in [6.07, 6.45) is -0.478. The van der Waals surface area contributed by atoms with Crippen molar-refractivity contribution in [3.05, 3.63) is 52.5 Å². The number of sulfonamides is 1. The van der Waals surface area contributed by atoms with Gasteiger partial charge in [-0.1, -0.05) is 0 Å². The fraction of sp³-hybridized carbons (Fsp3) is 0.263. The van der Waals surface area contributed by atoms with E-state index in [-0.39, 0.29) is 17.1 Å². The number of carbonyl (C=O) groups excluding carboxylic acids is 2. The summed E-state index contributed by atoms with van der Waals surface area (Å²) >= 11 is 3.21.